The van der Waals surface area contributed by atoms with Gasteiger partial charge in [-0.25, -0.2) is 4.79 Å². The lowest BCUT2D eigenvalue weighted by atomic mass is 10.1. The first-order chi connectivity index (χ1) is 8.60. The number of hydrogen-bond donors (Lipinski definition) is 2. The van der Waals surface area contributed by atoms with Gasteiger partial charge in [0.1, 0.15) is 6.04 Å². The van der Waals surface area contributed by atoms with Crippen LogP contribution in [0.3, 0.4) is 0 Å². The third-order valence-electron chi connectivity index (χ3n) is 2.76. The molecule has 1 aromatic rings. The molecule has 0 spiro atoms. The Balaban J connectivity index is 2.10. The van der Waals surface area contributed by atoms with E-state index < -0.39 is 0 Å². The van der Waals surface area contributed by atoms with Crippen molar-refractivity contribution < 1.29 is 14.3 Å². The van der Waals surface area contributed by atoms with Crippen LogP contribution < -0.4 is 10.6 Å². The predicted molar refractivity (Wildman–Crippen MR) is 68.5 cm³/mol. The molecule has 2 rings (SSSR count). The van der Waals surface area contributed by atoms with Crippen molar-refractivity contribution in [1.82, 2.24) is 0 Å². The molecule has 0 radical (unpaired) electrons. The molecule has 0 aromatic heterocycles. The molecular weight excluding hydrogens is 232 g/mol. The molecule has 0 fully saturated rings. The summed E-state index contributed by atoms with van der Waals surface area (Å²) in [7, 11) is 0. The smallest absolute Gasteiger partial charge is 0.328 e. The Kier molecular flexibility index (Phi) is 3.50. The lowest BCUT2D eigenvalue weighted by Gasteiger charge is -2.09. The van der Waals surface area contributed by atoms with Gasteiger partial charge in [0.15, 0.2) is 0 Å². The van der Waals surface area contributed by atoms with E-state index in [2.05, 4.69) is 10.6 Å². The number of anilines is 2. The first-order valence-electron chi connectivity index (χ1n) is 5.94. The van der Waals surface area contributed by atoms with Crippen LogP contribution in [0.25, 0.3) is 0 Å². The van der Waals surface area contributed by atoms with Gasteiger partial charge in [-0.3, -0.25) is 4.79 Å². The lowest BCUT2D eigenvalue weighted by molar-refractivity contribution is -0.143. The van der Waals surface area contributed by atoms with Crippen LogP contribution in [0.4, 0.5) is 11.4 Å². The van der Waals surface area contributed by atoms with Gasteiger partial charge in [-0.2, -0.15) is 0 Å². The minimum absolute atomic E-state index is 0.116. The van der Waals surface area contributed by atoms with E-state index in [1.807, 2.05) is 18.2 Å². The van der Waals surface area contributed by atoms with Gasteiger partial charge in [0.05, 0.1) is 6.61 Å². The zero-order valence-electron chi connectivity index (χ0n) is 10.4. The first-order valence-corrected chi connectivity index (χ1v) is 5.94. The normalized spacial score (nSPS) is 16.7. The minimum atomic E-state index is -0.326. The quantitative estimate of drug-likeness (QED) is 0.796. The number of carbonyl (C=O) groups excluding carboxylic acids is 2. The summed E-state index contributed by atoms with van der Waals surface area (Å²) < 4.78 is 4.98. The van der Waals surface area contributed by atoms with Crippen LogP contribution in [0, 0.1) is 0 Å². The fourth-order valence-electron chi connectivity index (χ4n) is 2.01. The minimum Gasteiger partial charge on any atom is -0.464 e. The average Bonchev–Trinajstić information content (AvgIpc) is 2.71. The second kappa shape index (κ2) is 5.08. The first kappa shape index (κ1) is 12.4. The van der Waals surface area contributed by atoms with Crippen molar-refractivity contribution in [3.8, 4) is 0 Å². The molecule has 18 heavy (non-hydrogen) atoms. The monoisotopic (exact) mass is 248 g/mol. The summed E-state index contributed by atoms with van der Waals surface area (Å²) in [5.41, 5.74) is 2.65. The summed E-state index contributed by atoms with van der Waals surface area (Å²) in [6, 6.07) is 5.24. The van der Waals surface area contributed by atoms with Gasteiger partial charge in [-0.05, 0) is 24.6 Å². The van der Waals surface area contributed by atoms with E-state index >= 15 is 0 Å². The largest absolute Gasteiger partial charge is 0.464 e. The van der Waals surface area contributed by atoms with Crippen molar-refractivity contribution in [2.45, 2.75) is 26.3 Å². The van der Waals surface area contributed by atoms with Gasteiger partial charge in [-0.15, -0.1) is 0 Å². The molecule has 5 nitrogen and oxygen atoms in total. The van der Waals surface area contributed by atoms with E-state index in [0.29, 0.717) is 13.0 Å². The Morgan fingerprint density at radius 2 is 2.28 bits per heavy atom. The molecular formula is C13H16N2O3. The maximum absolute atomic E-state index is 11.6. The SMILES string of the molecule is CCOC(=O)[C@@H]1Cc2ccc(NC(C)=O)cc2N1. The van der Waals surface area contributed by atoms with Crippen molar-refractivity contribution in [3.05, 3.63) is 23.8 Å². The van der Waals surface area contributed by atoms with E-state index in [9.17, 15) is 9.59 Å². The highest BCUT2D eigenvalue weighted by atomic mass is 16.5. The Bertz CT molecular complexity index is 485. The molecule has 1 atom stereocenters. The Morgan fingerprint density at radius 3 is 2.94 bits per heavy atom. The van der Waals surface area contributed by atoms with Crippen LogP contribution in [0.15, 0.2) is 18.2 Å². The molecule has 0 unspecified atom stereocenters. The van der Waals surface area contributed by atoms with Crippen molar-refractivity contribution in [2.75, 3.05) is 17.2 Å². The Labute approximate surface area is 106 Å². The second-order valence-electron chi connectivity index (χ2n) is 4.21. The van der Waals surface area contributed by atoms with Gasteiger partial charge >= 0.3 is 5.97 Å². The number of esters is 1. The van der Waals surface area contributed by atoms with Crippen LogP contribution in [0.5, 0.6) is 0 Å². The summed E-state index contributed by atoms with van der Waals surface area (Å²) in [5.74, 6) is -0.357. The van der Waals surface area contributed by atoms with E-state index in [1.54, 1.807) is 6.92 Å². The van der Waals surface area contributed by atoms with Gasteiger partial charge < -0.3 is 15.4 Å². The molecule has 1 aromatic carbocycles. The number of amides is 1. The number of hydrogen-bond acceptors (Lipinski definition) is 4. The second-order valence-corrected chi connectivity index (χ2v) is 4.21. The molecule has 1 heterocycles. The molecule has 0 saturated heterocycles. The Hall–Kier alpha value is -2.04. The van der Waals surface area contributed by atoms with Crippen LogP contribution in [0.1, 0.15) is 19.4 Å². The highest BCUT2D eigenvalue weighted by Gasteiger charge is 2.27. The van der Waals surface area contributed by atoms with Gasteiger partial charge in [0.2, 0.25) is 5.91 Å². The zero-order chi connectivity index (χ0) is 13.1. The molecule has 0 bridgehead atoms. The van der Waals surface area contributed by atoms with Gasteiger partial charge in [0.25, 0.3) is 0 Å². The maximum atomic E-state index is 11.6. The summed E-state index contributed by atoms with van der Waals surface area (Å²) in [4.78, 5) is 22.6. The molecule has 1 aliphatic rings. The molecule has 2 N–H and O–H groups in total. The standard InChI is InChI=1S/C13H16N2O3/c1-3-18-13(17)12-6-9-4-5-10(14-8(2)16)7-11(9)15-12/h4-5,7,12,15H,3,6H2,1-2H3,(H,14,16)/t12-/m0/s1. The summed E-state index contributed by atoms with van der Waals surface area (Å²) in [6.45, 7) is 3.63. The van der Waals surface area contributed by atoms with Crippen LogP contribution >= 0.6 is 0 Å². The van der Waals surface area contributed by atoms with Crippen molar-refractivity contribution in [2.24, 2.45) is 0 Å². The van der Waals surface area contributed by atoms with Gasteiger partial charge in [-0.1, -0.05) is 6.07 Å². The van der Waals surface area contributed by atoms with E-state index in [0.717, 1.165) is 16.9 Å². The number of ether oxygens (including phenoxy) is 1. The number of carbonyl (C=O) groups is 2. The summed E-state index contributed by atoms with van der Waals surface area (Å²) in [5, 5.41) is 5.82. The van der Waals surface area contributed by atoms with E-state index in [4.69, 9.17) is 4.74 Å². The van der Waals surface area contributed by atoms with Crippen LogP contribution in [-0.4, -0.2) is 24.5 Å². The van der Waals surface area contributed by atoms with Gasteiger partial charge in [0, 0.05) is 24.7 Å². The number of rotatable bonds is 3. The fourth-order valence-corrected chi connectivity index (χ4v) is 2.01. The fraction of sp³-hybridized carbons (Fsp3) is 0.385. The number of nitrogens with one attached hydrogen (secondary N) is 2. The zero-order valence-corrected chi connectivity index (χ0v) is 10.4. The molecule has 1 aliphatic heterocycles. The topological polar surface area (TPSA) is 67.4 Å². The number of fused-ring (bicyclic) bond motifs is 1. The molecule has 0 saturated carbocycles. The lowest BCUT2D eigenvalue weighted by Crippen LogP contribution is -2.28. The number of benzene rings is 1. The van der Waals surface area contributed by atoms with Crippen molar-refractivity contribution in [3.63, 3.8) is 0 Å². The highest BCUT2D eigenvalue weighted by Crippen LogP contribution is 2.29. The van der Waals surface area contributed by atoms with Crippen molar-refractivity contribution >= 4 is 23.3 Å². The third-order valence-corrected chi connectivity index (χ3v) is 2.76. The van der Waals surface area contributed by atoms with Crippen molar-refractivity contribution in [1.29, 1.82) is 0 Å². The van der Waals surface area contributed by atoms with Crippen LogP contribution in [-0.2, 0) is 20.7 Å². The molecule has 1 amide bonds. The van der Waals surface area contributed by atoms with Crippen LogP contribution in [0.2, 0.25) is 0 Å². The van der Waals surface area contributed by atoms with E-state index in [-0.39, 0.29) is 17.9 Å². The maximum Gasteiger partial charge on any atom is 0.328 e. The summed E-state index contributed by atoms with van der Waals surface area (Å²) in [6.07, 6.45) is 0.620. The highest BCUT2D eigenvalue weighted by molar-refractivity contribution is 5.90. The molecule has 0 aliphatic carbocycles. The summed E-state index contributed by atoms with van der Waals surface area (Å²) >= 11 is 0. The molecule has 96 valence electrons. The predicted octanol–water partition coefficient (Wildman–Crippen LogP) is 1.54. The molecule has 5 heteroatoms. The van der Waals surface area contributed by atoms with E-state index in [1.165, 1.54) is 6.92 Å². The third kappa shape index (κ3) is 2.61. The average molecular weight is 248 g/mol. The Morgan fingerprint density at radius 1 is 1.50 bits per heavy atom.